The van der Waals surface area contributed by atoms with Crippen LogP contribution in [0, 0.1) is 6.92 Å². The number of fused-ring (bicyclic) bond motifs is 1. The van der Waals surface area contributed by atoms with Crippen LogP contribution in [0.2, 0.25) is 0 Å². The van der Waals surface area contributed by atoms with E-state index >= 15 is 0 Å². The van der Waals surface area contributed by atoms with Gasteiger partial charge >= 0.3 is 0 Å². The Morgan fingerprint density at radius 1 is 1.03 bits per heavy atom. The zero-order valence-corrected chi connectivity index (χ0v) is 23.9. The first-order chi connectivity index (χ1) is 18.9. The van der Waals surface area contributed by atoms with E-state index in [1.807, 2.05) is 19.1 Å². The predicted octanol–water partition coefficient (Wildman–Crippen LogP) is 3.00. The highest BCUT2D eigenvalue weighted by Crippen LogP contribution is 2.37. The predicted molar refractivity (Wildman–Crippen MR) is 150 cm³/mol. The van der Waals surface area contributed by atoms with Gasteiger partial charge in [-0.25, -0.2) is 13.4 Å². The molecule has 1 aromatic heterocycles. The summed E-state index contributed by atoms with van der Waals surface area (Å²) in [4.78, 5) is 22.9. The summed E-state index contributed by atoms with van der Waals surface area (Å²) in [5, 5.41) is 0.592. The molecule has 0 aliphatic carbocycles. The van der Waals surface area contributed by atoms with E-state index in [1.54, 1.807) is 24.1 Å². The molecule has 12 heteroatoms. The van der Waals surface area contributed by atoms with Crippen LogP contribution < -0.4 is 9.64 Å². The van der Waals surface area contributed by atoms with Crippen molar-refractivity contribution >= 4 is 42.6 Å². The summed E-state index contributed by atoms with van der Waals surface area (Å²) in [6.45, 7) is 7.93. The third-order valence-corrected chi connectivity index (χ3v) is 10.2. The van der Waals surface area contributed by atoms with Crippen molar-refractivity contribution in [2.45, 2.75) is 18.2 Å². The molecule has 2 aromatic carbocycles. The van der Waals surface area contributed by atoms with E-state index in [0.29, 0.717) is 49.3 Å². The Hall–Kier alpha value is -2.61. The summed E-state index contributed by atoms with van der Waals surface area (Å²) >= 11 is 1.46. The third-order valence-electron chi connectivity index (χ3n) is 7.06. The first-order valence-electron chi connectivity index (χ1n) is 13.1. The van der Waals surface area contributed by atoms with Crippen molar-refractivity contribution in [2.24, 2.45) is 0 Å². The van der Waals surface area contributed by atoms with Gasteiger partial charge in [-0.3, -0.25) is 14.6 Å². The highest BCUT2D eigenvalue weighted by Gasteiger charge is 2.28. The van der Waals surface area contributed by atoms with Crippen molar-refractivity contribution in [3.05, 3.63) is 47.5 Å². The number of thiazole rings is 1. The fourth-order valence-corrected chi connectivity index (χ4v) is 7.28. The molecular weight excluding hydrogens is 540 g/mol. The lowest BCUT2D eigenvalue weighted by Gasteiger charge is -2.28. The Bertz CT molecular complexity index is 1400. The Labute approximate surface area is 233 Å². The molecule has 0 N–H and O–H groups in total. The average molecular weight is 575 g/mol. The zero-order chi connectivity index (χ0) is 27.4. The van der Waals surface area contributed by atoms with E-state index in [4.69, 9.17) is 19.2 Å². The molecule has 0 spiro atoms. The Morgan fingerprint density at radius 3 is 2.36 bits per heavy atom. The maximum atomic E-state index is 13.9. The highest BCUT2D eigenvalue weighted by atomic mass is 32.2. The number of methoxy groups -OCH3 is 1. The molecule has 0 bridgehead atoms. The molecule has 39 heavy (non-hydrogen) atoms. The quantitative estimate of drug-likeness (QED) is 0.385. The van der Waals surface area contributed by atoms with Crippen molar-refractivity contribution in [1.29, 1.82) is 0 Å². The van der Waals surface area contributed by atoms with Crippen LogP contribution in [0.5, 0.6) is 5.75 Å². The van der Waals surface area contributed by atoms with Gasteiger partial charge in [-0.1, -0.05) is 17.4 Å². The minimum absolute atomic E-state index is 0.167. The standard InChI is InChI=1S/C27H34N4O6S2/c1-20-4-9-23(35-2)24-25(20)38-27(28-24)31(11-3-10-29-12-16-36-17-13-29)26(32)21-5-7-22(8-6-21)39(33,34)30-14-18-37-19-15-30/h4-9H,3,10-19H2,1-2H3. The van der Waals surface area contributed by atoms with E-state index in [0.717, 1.165) is 55.0 Å². The third kappa shape index (κ3) is 6.11. The van der Waals surface area contributed by atoms with Crippen molar-refractivity contribution in [3.63, 3.8) is 0 Å². The number of ether oxygens (including phenoxy) is 3. The molecule has 0 radical (unpaired) electrons. The topological polar surface area (TPSA) is 102 Å². The van der Waals surface area contributed by atoms with Crippen LogP contribution in [0.4, 0.5) is 5.13 Å². The van der Waals surface area contributed by atoms with Crippen molar-refractivity contribution in [3.8, 4) is 5.75 Å². The number of aryl methyl sites for hydroxylation is 1. The molecule has 5 rings (SSSR count). The highest BCUT2D eigenvalue weighted by molar-refractivity contribution is 7.89. The molecule has 10 nitrogen and oxygen atoms in total. The zero-order valence-electron chi connectivity index (χ0n) is 22.3. The summed E-state index contributed by atoms with van der Waals surface area (Å²) in [5.41, 5.74) is 2.20. The van der Waals surface area contributed by atoms with Crippen LogP contribution in [0.3, 0.4) is 0 Å². The number of amides is 1. The molecule has 0 saturated carbocycles. The number of morpholine rings is 2. The van der Waals surface area contributed by atoms with E-state index in [9.17, 15) is 13.2 Å². The first kappa shape index (κ1) is 27.9. The molecule has 0 unspecified atom stereocenters. The summed E-state index contributed by atoms with van der Waals surface area (Å²) in [5.74, 6) is 0.444. The number of sulfonamides is 1. The Morgan fingerprint density at radius 2 is 1.69 bits per heavy atom. The van der Waals surface area contributed by atoms with Gasteiger partial charge in [-0.2, -0.15) is 4.31 Å². The van der Waals surface area contributed by atoms with Crippen molar-refractivity contribution in [1.82, 2.24) is 14.2 Å². The first-order valence-corrected chi connectivity index (χ1v) is 15.4. The lowest BCUT2D eigenvalue weighted by Crippen LogP contribution is -2.40. The second-order valence-electron chi connectivity index (χ2n) is 9.56. The summed E-state index contributed by atoms with van der Waals surface area (Å²) < 4.78 is 44.8. The molecule has 3 heterocycles. The number of carbonyl (C=O) groups is 1. The number of aromatic nitrogens is 1. The second-order valence-corrected chi connectivity index (χ2v) is 12.5. The number of carbonyl (C=O) groups excluding carboxylic acids is 1. The molecular formula is C27H34N4O6S2. The number of nitrogens with zero attached hydrogens (tertiary/aromatic N) is 4. The van der Waals surface area contributed by atoms with Crippen LogP contribution in [0.25, 0.3) is 10.2 Å². The fraction of sp³-hybridized carbons (Fsp3) is 0.481. The van der Waals surface area contributed by atoms with E-state index in [1.165, 1.54) is 27.8 Å². The van der Waals surface area contributed by atoms with Gasteiger partial charge in [0.15, 0.2) is 5.13 Å². The monoisotopic (exact) mass is 574 g/mol. The van der Waals surface area contributed by atoms with Gasteiger partial charge in [0.05, 0.1) is 43.1 Å². The van der Waals surface area contributed by atoms with Crippen LogP contribution in [0.15, 0.2) is 41.3 Å². The fourth-order valence-electron chi connectivity index (χ4n) is 4.80. The lowest BCUT2D eigenvalue weighted by molar-refractivity contribution is 0.0376. The number of anilines is 1. The minimum atomic E-state index is -3.64. The second kappa shape index (κ2) is 12.3. The largest absolute Gasteiger partial charge is 0.494 e. The lowest BCUT2D eigenvalue weighted by atomic mass is 10.2. The average Bonchev–Trinajstić information content (AvgIpc) is 3.42. The SMILES string of the molecule is COc1ccc(C)c2sc(N(CCCN3CCOCC3)C(=O)c3ccc(S(=O)(=O)N4CCOCC4)cc3)nc12. The Balaban J connectivity index is 1.41. The van der Waals surface area contributed by atoms with Gasteiger partial charge in [-0.15, -0.1) is 0 Å². The van der Waals surface area contributed by atoms with Crippen LogP contribution in [-0.4, -0.2) is 101 Å². The van der Waals surface area contributed by atoms with Gasteiger partial charge in [0.25, 0.3) is 5.91 Å². The molecule has 1 amide bonds. The van der Waals surface area contributed by atoms with Gasteiger partial charge in [0, 0.05) is 44.8 Å². The molecule has 2 aliphatic heterocycles. The van der Waals surface area contributed by atoms with E-state index < -0.39 is 10.0 Å². The summed E-state index contributed by atoms with van der Waals surface area (Å²) in [6, 6.07) is 10.1. The molecule has 2 fully saturated rings. The molecule has 3 aromatic rings. The van der Waals surface area contributed by atoms with Gasteiger partial charge < -0.3 is 14.2 Å². The molecule has 210 valence electrons. The van der Waals surface area contributed by atoms with Crippen molar-refractivity contribution < 1.29 is 27.4 Å². The minimum Gasteiger partial charge on any atom is -0.494 e. The van der Waals surface area contributed by atoms with E-state index in [2.05, 4.69) is 4.90 Å². The summed E-state index contributed by atoms with van der Waals surface area (Å²) in [6.07, 6.45) is 0.765. The van der Waals surface area contributed by atoms with Gasteiger partial charge in [-0.05, 0) is 49.2 Å². The number of hydrogen-bond acceptors (Lipinski definition) is 9. The number of benzene rings is 2. The summed E-state index contributed by atoms with van der Waals surface area (Å²) in [7, 11) is -2.03. The van der Waals surface area contributed by atoms with Crippen molar-refractivity contribution in [2.75, 3.05) is 77.7 Å². The number of hydrogen-bond donors (Lipinski definition) is 0. The number of rotatable bonds is 9. The molecule has 2 saturated heterocycles. The molecule has 0 atom stereocenters. The van der Waals surface area contributed by atoms with Gasteiger partial charge in [0.1, 0.15) is 11.3 Å². The van der Waals surface area contributed by atoms with Crippen LogP contribution in [-0.2, 0) is 19.5 Å². The Kier molecular flexibility index (Phi) is 8.79. The van der Waals surface area contributed by atoms with E-state index in [-0.39, 0.29) is 10.8 Å². The maximum Gasteiger partial charge on any atom is 0.260 e. The maximum absolute atomic E-state index is 13.9. The normalized spacial score (nSPS) is 17.4. The smallest absolute Gasteiger partial charge is 0.260 e. The van der Waals surface area contributed by atoms with Crippen LogP contribution >= 0.6 is 11.3 Å². The van der Waals surface area contributed by atoms with Gasteiger partial charge in [0.2, 0.25) is 10.0 Å². The van der Waals surface area contributed by atoms with Crippen LogP contribution in [0.1, 0.15) is 22.3 Å². The molecule has 2 aliphatic rings.